The average molecular weight is 288 g/mol. The lowest BCUT2D eigenvalue weighted by atomic mass is 9.84. The molecular formula is C19H32N2. The Labute approximate surface area is 130 Å². The van der Waals surface area contributed by atoms with Crippen molar-refractivity contribution in [3.63, 3.8) is 0 Å². The lowest BCUT2D eigenvalue weighted by Gasteiger charge is -2.45. The van der Waals surface area contributed by atoms with Crippen LogP contribution in [0, 0.1) is 11.3 Å². The van der Waals surface area contributed by atoms with Gasteiger partial charge in [-0.05, 0) is 29.9 Å². The lowest BCUT2D eigenvalue weighted by molar-refractivity contribution is 0.0814. The minimum absolute atomic E-state index is 0.317. The summed E-state index contributed by atoms with van der Waals surface area (Å²) in [6, 6.07) is 12.1. The number of rotatable bonds is 4. The Balaban J connectivity index is 2.12. The molecule has 2 rings (SSSR count). The van der Waals surface area contributed by atoms with Crippen LogP contribution in [-0.2, 0) is 0 Å². The normalized spacial score (nSPS) is 24.5. The van der Waals surface area contributed by atoms with Crippen molar-refractivity contribution in [3.05, 3.63) is 35.9 Å². The summed E-state index contributed by atoms with van der Waals surface area (Å²) in [5.41, 5.74) is 1.76. The molecule has 1 fully saturated rings. The molecule has 0 saturated carbocycles. The Hall–Kier alpha value is -0.860. The third kappa shape index (κ3) is 4.55. The zero-order chi connectivity index (χ0) is 15.5. The standard InChI is InChI=1S/C19H32N2/c1-15(2)11-12-21-14-18(19(3,4)5)20-13-17(21)16-9-7-6-8-10-16/h6-10,15,17-18,20H,11-14H2,1-5H3. The van der Waals surface area contributed by atoms with Gasteiger partial charge in [0.05, 0.1) is 0 Å². The van der Waals surface area contributed by atoms with E-state index in [1.807, 2.05) is 0 Å². The predicted molar refractivity (Wildman–Crippen MR) is 91.5 cm³/mol. The zero-order valence-corrected chi connectivity index (χ0v) is 14.4. The van der Waals surface area contributed by atoms with Gasteiger partial charge in [0.15, 0.2) is 0 Å². The molecule has 2 atom stereocenters. The molecule has 1 aliphatic rings. The molecule has 2 heteroatoms. The summed E-state index contributed by atoms with van der Waals surface area (Å²) in [6.07, 6.45) is 1.28. The van der Waals surface area contributed by atoms with Crippen LogP contribution in [0.5, 0.6) is 0 Å². The maximum absolute atomic E-state index is 3.78. The van der Waals surface area contributed by atoms with Crippen molar-refractivity contribution in [3.8, 4) is 0 Å². The van der Waals surface area contributed by atoms with Gasteiger partial charge in [0.25, 0.3) is 0 Å². The number of nitrogens with one attached hydrogen (secondary N) is 1. The highest BCUT2D eigenvalue weighted by atomic mass is 15.2. The van der Waals surface area contributed by atoms with Gasteiger partial charge < -0.3 is 5.32 Å². The van der Waals surface area contributed by atoms with Crippen molar-refractivity contribution in [2.75, 3.05) is 19.6 Å². The molecule has 2 unspecified atom stereocenters. The molecule has 0 radical (unpaired) electrons. The summed E-state index contributed by atoms with van der Waals surface area (Å²) < 4.78 is 0. The van der Waals surface area contributed by atoms with Gasteiger partial charge in [0.1, 0.15) is 0 Å². The van der Waals surface area contributed by atoms with E-state index in [9.17, 15) is 0 Å². The average Bonchev–Trinajstić information content (AvgIpc) is 2.44. The van der Waals surface area contributed by atoms with Crippen LogP contribution in [0.4, 0.5) is 0 Å². The van der Waals surface area contributed by atoms with Gasteiger partial charge in [-0.25, -0.2) is 0 Å². The number of piperazine rings is 1. The van der Waals surface area contributed by atoms with Crippen LogP contribution >= 0.6 is 0 Å². The van der Waals surface area contributed by atoms with Gasteiger partial charge in [0.2, 0.25) is 0 Å². The third-order valence-electron chi connectivity index (χ3n) is 4.64. The van der Waals surface area contributed by atoms with Crippen LogP contribution in [-0.4, -0.2) is 30.6 Å². The monoisotopic (exact) mass is 288 g/mol. The SMILES string of the molecule is CC(C)CCN1CC(C(C)(C)C)NCC1c1ccccc1. The van der Waals surface area contributed by atoms with Crippen molar-refractivity contribution < 1.29 is 0 Å². The summed E-state index contributed by atoms with van der Waals surface area (Å²) in [5, 5.41) is 3.78. The summed E-state index contributed by atoms with van der Waals surface area (Å²) in [6.45, 7) is 15.1. The molecule has 0 amide bonds. The Kier molecular flexibility index (Phi) is 5.45. The molecule has 0 spiro atoms. The highest BCUT2D eigenvalue weighted by molar-refractivity contribution is 5.20. The molecule has 0 bridgehead atoms. The molecule has 2 nitrogen and oxygen atoms in total. The van der Waals surface area contributed by atoms with E-state index in [1.54, 1.807) is 0 Å². The highest BCUT2D eigenvalue weighted by Crippen LogP contribution is 2.30. The van der Waals surface area contributed by atoms with E-state index in [1.165, 1.54) is 18.5 Å². The molecular weight excluding hydrogens is 256 g/mol. The van der Waals surface area contributed by atoms with Crippen molar-refractivity contribution in [2.24, 2.45) is 11.3 Å². The smallest absolute Gasteiger partial charge is 0.0473 e. The third-order valence-corrected chi connectivity index (χ3v) is 4.64. The van der Waals surface area contributed by atoms with Crippen LogP contribution in [0.1, 0.15) is 52.6 Å². The first-order chi connectivity index (χ1) is 9.88. The van der Waals surface area contributed by atoms with Crippen LogP contribution < -0.4 is 5.32 Å². The van der Waals surface area contributed by atoms with E-state index in [4.69, 9.17) is 0 Å². The van der Waals surface area contributed by atoms with Gasteiger partial charge in [0, 0.05) is 25.2 Å². The van der Waals surface area contributed by atoms with Crippen molar-refractivity contribution >= 4 is 0 Å². The Morgan fingerprint density at radius 2 is 1.86 bits per heavy atom. The van der Waals surface area contributed by atoms with Crippen LogP contribution in [0.2, 0.25) is 0 Å². The Morgan fingerprint density at radius 3 is 2.43 bits per heavy atom. The fourth-order valence-corrected chi connectivity index (χ4v) is 3.06. The zero-order valence-electron chi connectivity index (χ0n) is 14.4. The number of hydrogen-bond donors (Lipinski definition) is 1. The highest BCUT2D eigenvalue weighted by Gasteiger charge is 2.34. The summed E-state index contributed by atoms with van der Waals surface area (Å²) in [7, 11) is 0. The van der Waals surface area contributed by atoms with Crippen LogP contribution in [0.25, 0.3) is 0 Å². The first-order valence-corrected chi connectivity index (χ1v) is 8.40. The lowest BCUT2D eigenvalue weighted by Crippen LogP contribution is -2.57. The first-order valence-electron chi connectivity index (χ1n) is 8.40. The molecule has 1 aromatic rings. The molecule has 0 aliphatic carbocycles. The molecule has 1 N–H and O–H groups in total. The second-order valence-corrected chi connectivity index (χ2v) is 7.93. The maximum atomic E-state index is 3.78. The fourth-order valence-electron chi connectivity index (χ4n) is 3.06. The molecule has 1 aromatic carbocycles. The molecule has 1 saturated heterocycles. The van der Waals surface area contributed by atoms with Crippen LogP contribution in [0.3, 0.4) is 0 Å². The Bertz CT molecular complexity index is 419. The van der Waals surface area contributed by atoms with Gasteiger partial charge in [-0.15, -0.1) is 0 Å². The van der Waals surface area contributed by atoms with Crippen LogP contribution in [0.15, 0.2) is 30.3 Å². The summed E-state index contributed by atoms with van der Waals surface area (Å²) in [4.78, 5) is 2.70. The van der Waals surface area contributed by atoms with E-state index >= 15 is 0 Å². The second kappa shape index (κ2) is 6.93. The second-order valence-electron chi connectivity index (χ2n) is 7.93. The molecule has 1 aliphatic heterocycles. The van der Waals surface area contributed by atoms with E-state index < -0.39 is 0 Å². The quantitative estimate of drug-likeness (QED) is 0.897. The number of nitrogens with zero attached hydrogens (tertiary/aromatic N) is 1. The summed E-state index contributed by atoms with van der Waals surface area (Å²) in [5.74, 6) is 0.768. The van der Waals surface area contributed by atoms with Crippen molar-refractivity contribution in [1.29, 1.82) is 0 Å². The van der Waals surface area contributed by atoms with E-state index in [2.05, 4.69) is 75.2 Å². The number of benzene rings is 1. The van der Waals surface area contributed by atoms with E-state index in [0.717, 1.165) is 19.0 Å². The van der Waals surface area contributed by atoms with Crippen molar-refractivity contribution in [2.45, 2.75) is 53.1 Å². The minimum atomic E-state index is 0.317. The Morgan fingerprint density at radius 1 is 1.19 bits per heavy atom. The largest absolute Gasteiger partial charge is 0.310 e. The molecule has 21 heavy (non-hydrogen) atoms. The number of hydrogen-bond acceptors (Lipinski definition) is 2. The molecule has 1 heterocycles. The van der Waals surface area contributed by atoms with Gasteiger partial charge in [-0.3, -0.25) is 4.90 Å². The van der Waals surface area contributed by atoms with E-state index in [0.29, 0.717) is 17.5 Å². The fraction of sp³-hybridized carbons (Fsp3) is 0.684. The van der Waals surface area contributed by atoms with Gasteiger partial charge >= 0.3 is 0 Å². The minimum Gasteiger partial charge on any atom is -0.310 e. The summed E-state index contributed by atoms with van der Waals surface area (Å²) >= 11 is 0. The van der Waals surface area contributed by atoms with Gasteiger partial charge in [-0.2, -0.15) is 0 Å². The van der Waals surface area contributed by atoms with Gasteiger partial charge in [-0.1, -0.05) is 65.0 Å². The van der Waals surface area contributed by atoms with E-state index in [-0.39, 0.29) is 0 Å². The molecule has 0 aromatic heterocycles. The predicted octanol–water partition coefficient (Wildman–Crippen LogP) is 4.09. The maximum Gasteiger partial charge on any atom is 0.0473 e. The van der Waals surface area contributed by atoms with Crippen molar-refractivity contribution in [1.82, 2.24) is 10.2 Å². The molecule has 118 valence electrons. The topological polar surface area (TPSA) is 15.3 Å². The first kappa shape index (κ1) is 16.5.